The quantitative estimate of drug-likeness (QED) is 0.382. The van der Waals surface area contributed by atoms with Gasteiger partial charge in [0.1, 0.15) is 16.2 Å². The summed E-state index contributed by atoms with van der Waals surface area (Å²) in [7, 11) is -4.25. The Hall–Kier alpha value is -3.69. The third-order valence-electron chi connectivity index (χ3n) is 4.30. The Bertz CT molecular complexity index is 1420. The molecule has 0 aliphatic carbocycles. The first kappa shape index (κ1) is 21.5. The lowest BCUT2D eigenvalue weighted by Gasteiger charge is -2.13. The van der Waals surface area contributed by atoms with Gasteiger partial charge in [0, 0.05) is 17.2 Å². The minimum Gasteiger partial charge on any atom is -0.437 e. The SMILES string of the molecule is O=C(/C=C/c1nc2ccccc2o1)Nc1cc(Cl)ccc1NS(=O)(=O)c1ccccc1F. The van der Waals surface area contributed by atoms with Crippen molar-refractivity contribution in [1.82, 2.24) is 4.98 Å². The molecule has 0 atom stereocenters. The van der Waals surface area contributed by atoms with E-state index in [4.69, 9.17) is 16.0 Å². The van der Waals surface area contributed by atoms with Gasteiger partial charge in [-0.05, 0) is 42.5 Å². The monoisotopic (exact) mass is 471 g/mol. The molecule has 0 fully saturated rings. The van der Waals surface area contributed by atoms with Crippen LogP contribution in [-0.2, 0) is 14.8 Å². The average Bonchev–Trinajstić information content (AvgIpc) is 3.17. The van der Waals surface area contributed by atoms with Crippen molar-refractivity contribution in [3.63, 3.8) is 0 Å². The van der Waals surface area contributed by atoms with E-state index < -0.39 is 26.6 Å². The van der Waals surface area contributed by atoms with Crippen LogP contribution in [0.4, 0.5) is 15.8 Å². The van der Waals surface area contributed by atoms with Gasteiger partial charge in [0.2, 0.25) is 11.8 Å². The third-order valence-corrected chi connectivity index (χ3v) is 5.93. The number of nitrogens with one attached hydrogen (secondary N) is 2. The van der Waals surface area contributed by atoms with Crippen LogP contribution >= 0.6 is 11.6 Å². The summed E-state index contributed by atoms with van der Waals surface area (Å²) >= 11 is 6.00. The number of benzene rings is 3. The molecule has 0 saturated carbocycles. The number of aromatic nitrogens is 1. The highest BCUT2D eigenvalue weighted by Gasteiger charge is 2.20. The highest BCUT2D eigenvalue weighted by molar-refractivity contribution is 7.92. The number of sulfonamides is 1. The van der Waals surface area contributed by atoms with Crippen LogP contribution in [0.3, 0.4) is 0 Å². The van der Waals surface area contributed by atoms with Crippen LogP contribution < -0.4 is 10.0 Å². The second-order valence-corrected chi connectivity index (χ2v) is 8.66. The second-order valence-electron chi connectivity index (χ2n) is 6.57. The Balaban J connectivity index is 1.55. The number of nitrogens with zero attached hydrogens (tertiary/aromatic N) is 1. The van der Waals surface area contributed by atoms with E-state index in [-0.39, 0.29) is 22.3 Å². The molecule has 7 nitrogen and oxygen atoms in total. The number of carbonyl (C=O) groups excluding carboxylic acids is 1. The molecule has 3 aromatic carbocycles. The van der Waals surface area contributed by atoms with Crippen molar-refractivity contribution in [1.29, 1.82) is 0 Å². The first-order chi connectivity index (χ1) is 15.3. The standard InChI is InChI=1S/C22H15ClFN3O4S/c23-14-9-10-16(27-32(29,30)20-8-4-1-5-15(20)24)18(13-14)25-21(28)11-12-22-26-17-6-2-3-7-19(17)31-22/h1-13,27H,(H,25,28)/b12-11+. The molecular formula is C22H15ClFN3O4S. The molecule has 1 heterocycles. The first-order valence-corrected chi connectivity index (χ1v) is 11.1. The van der Waals surface area contributed by atoms with Gasteiger partial charge in [0.05, 0.1) is 11.4 Å². The maximum Gasteiger partial charge on any atom is 0.264 e. The second kappa shape index (κ2) is 8.81. The summed E-state index contributed by atoms with van der Waals surface area (Å²) in [6.07, 6.45) is 2.56. The van der Waals surface area contributed by atoms with E-state index in [1.807, 2.05) is 6.07 Å². The molecule has 0 saturated heterocycles. The van der Waals surface area contributed by atoms with Gasteiger partial charge in [-0.25, -0.2) is 17.8 Å². The number of hydrogen-bond acceptors (Lipinski definition) is 5. The molecule has 32 heavy (non-hydrogen) atoms. The lowest BCUT2D eigenvalue weighted by atomic mass is 10.2. The number of carbonyl (C=O) groups is 1. The number of amides is 1. The zero-order chi connectivity index (χ0) is 22.7. The van der Waals surface area contributed by atoms with Gasteiger partial charge in [0.15, 0.2) is 5.58 Å². The van der Waals surface area contributed by atoms with Crippen molar-refractivity contribution in [2.75, 3.05) is 10.0 Å². The number of hydrogen-bond donors (Lipinski definition) is 2. The van der Waals surface area contributed by atoms with Crippen LogP contribution in [0, 0.1) is 5.82 Å². The number of anilines is 2. The number of fused-ring (bicyclic) bond motifs is 1. The third kappa shape index (κ3) is 4.79. The number of rotatable bonds is 6. The Kier molecular flexibility index (Phi) is 5.93. The summed E-state index contributed by atoms with van der Waals surface area (Å²) in [4.78, 5) is 16.1. The highest BCUT2D eigenvalue weighted by atomic mass is 35.5. The number of oxazole rings is 1. The molecule has 2 N–H and O–H groups in total. The fourth-order valence-electron chi connectivity index (χ4n) is 2.85. The molecule has 1 aromatic heterocycles. The molecule has 4 aromatic rings. The molecule has 0 aliphatic heterocycles. The fourth-order valence-corrected chi connectivity index (χ4v) is 4.19. The van der Waals surface area contributed by atoms with Gasteiger partial charge < -0.3 is 9.73 Å². The van der Waals surface area contributed by atoms with E-state index in [1.165, 1.54) is 42.5 Å². The van der Waals surface area contributed by atoms with E-state index in [2.05, 4.69) is 15.0 Å². The van der Waals surface area contributed by atoms with E-state index in [1.54, 1.807) is 18.2 Å². The highest BCUT2D eigenvalue weighted by Crippen LogP contribution is 2.29. The van der Waals surface area contributed by atoms with Crippen LogP contribution in [0.5, 0.6) is 0 Å². The van der Waals surface area contributed by atoms with Crippen molar-refractivity contribution in [3.05, 3.63) is 89.5 Å². The van der Waals surface area contributed by atoms with E-state index >= 15 is 0 Å². The lowest BCUT2D eigenvalue weighted by Crippen LogP contribution is -2.17. The molecule has 0 radical (unpaired) electrons. The summed E-state index contributed by atoms with van der Waals surface area (Å²) in [5, 5.41) is 2.80. The molecule has 0 spiro atoms. The first-order valence-electron chi connectivity index (χ1n) is 9.23. The van der Waals surface area contributed by atoms with E-state index in [9.17, 15) is 17.6 Å². The number of halogens is 2. The predicted octanol–water partition coefficient (Wildman–Crippen LogP) is 5.07. The molecular weight excluding hydrogens is 457 g/mol. The molecule has 10 heteroatoms. The Labute approximate surface area is 187 Å². The summed E-state index contributed by atoms with van der Waals surface area (Å²) < 4.78 is 47.0. The van der Waals surface area contributed by atoms with Crippen molar-refractivity contribution >= 4 is 56.1 Å². The van der Waals surface area contributed by atoms with Crippen LogP contribution in [-0.4, -0.2) is 19.3 Å². The molecule has 0 aliphatic rings. The maximum atomic E-state index is 14.0. The molecule has 0 unspecified atom stereocenters. The zero-order valence-corrected chi connectivity index (χ0v) is 17.8. The average molecular weight is 472 g/mol. The minimum absolute atomic E-state index is 0.0151. The van der Waals surface area contributed by atoms with Crippen LogP contribution in [0.1, 0.15) is 5.89 Å². The van der Waals surface area contributed by atoms with Crippen molar-refractivity contribution < 1.29 is 22.0 Å². The van der Waals surface area contributed by atoms with Crippen molar-refractivity contribution in [2.24, 2.45) is 0 Å². The van der Waals surface area contributed by atoms with Gasteiger partial charge in [0.25, 0.3) is 10.0 Å². The Morgan fingerprint density at radius 3 is 2.56 bits per heavy atom. The Morgan fingerprint density at radius 1 is 1.03 bits per heavy atom. The largest absolute Gasteiger partial charge is 0.437 e. The van der Waals surface area contributed by atoms with Crippen LogP contribution in [0.15, 0.2) is 82.1 Å². The van der Waals surface area contributed by atoms with Gasteiger partial charge in [-0.3, -0.25) is 9.52 Å². The van der Waals surface area contributed by atoms with Crippen molar-refractivity contribution in [3.8, 4) is 0 Å². The fraction of sp³-hybridized carbons (Fsp3) is 0. The summed E-state index contributed by atoms with van der Waals surface area (Å²) in [6, 6.07) is 16.3. The van der Waals surface area contributed by atoms with Gasteiger partial charge >= 0.3 is 0 Å². The van der Waals surface area contributed by atoms with Gasteiger partial charge in [-0.15, -0.1) is 0 Å². The van der Waals surface area contributed by atoms with Gasteiger partial charge in [-0.1, -0.05) is 35.9 Å². The minimum atomic E-state index is -4.25. The molecule has 0 bridgehead atoms. The molecule has 162 valence electrons. The van der Waals surface area contributed by atoms with Crippen molar-refractivity contribution in [2.45, 2.75) is 4.90 Å². The smallest absolute Gasteiger partial charge is 0.264 e. The van der Waals surface area contributed by atoms with E-state index in [0.717, 1.165) is 12.1 Å². The molecule has 4 rings (SSSR count). The number of para-hydroxylation sites is 2. The maximum absolute atomic E-state index is 14.0. The summed E-state index contributed by atoms with van der Waals surface area (Å²) in [6.45, 7) is 0. The Morgan fingerprint density at radius 2 is 1.78 bits per heavy atom. The lowest BCUT2D eigenvalue weighted by molar-refractivity contribution is -0.111. The van der Waals surface area contributed by atoms with Gasteiger partial charge in [-0.2, -0.15) is 0 Å². The summed E-state index contributed by atoms with van der Waals surface area (Å²) in [5.74, 6) is -1.25. The topological polar surface area (TPSA) is 101 Å². The van der Waals surface area contributed by atoms with E-state index in [0.29, 0.717) is 11.1 Å². The summed E-state index contributed by atoms with van der Waals surface area (Å²) in [5.41, 5.74) is 1.32. The zero-order valence-electron chi connectivity index (χ0n) is 16.2. The predicted molar refractivity (Wildman–Crippen MR) is 120 cm³/mol. The normalized spacial score (nSPS) is 11.7. The van der Waals surface area contributed by atoms with Crippen LogP contribution in [0.2, 0.25) is 5.02 Å². The van der Waals surface area contributed by atoms with Crippen LogP contribution in [0.25, 0.3) is 17.2 Å². The molecule has 1 amide bonds.